The molecule has 0 N–H and O–H groups in total. The lowest BCUT2D eigenvalue weighted by Crippen LogP contribution is -2.01. The smallest absolute Gasteiger partial charge is 0.164 e. The second-order valence-corrected chi connectivity index (χ2v) is 5.24. The van der Waals surface area contributed by atoms with E-state index in [9.17, 15) is 4.79 Å². The summed E-state index contributed by atoms with van der Waals surface area (Å²) >= 11 is 12.2. The first-order valence-electron chi connectivity index (χ1n) is 6.75. The second-order valence-electron chi connectivity index (χ2n) is 4.43. The lowest BCUT2D eigenvalue weighted by molar-refractivity contribution is 0.0979. The van der Waals surface area contributed by atoms with E-state index >= 15 is 0 Å². The van der Waals surface area contributed by atoms with Gasteiger partial charge in [0.25, 0.3) is 0 Å². The van der Waals surface area contributed by atoms with E-state index in [-0.39, 0.29) is 5.78 Å². The summed E-state index contributed by atoms with van der Waals surface area (Å²) < 4.78 is 5.34. The predicted octanol–water partition coefficient (Wildman–Crippen LogP) is 5.55. The largest absolute Gasteiger partial charge is 0.492 e. The second kappa shape index (κ2) is 8.44. The van der Waals surface area contributed by atoms with Gasteiger partial charge in [0.1, 0.15) is 5.75 Å². The molecule has 0 spiro atoms. The van der Waals surface area contributed by atoms with Crippen LogP contribution in [0.4, 0.5) is 0 Å². The molecular formula is C15H20Cl2O2. The molecule has 0 fully saturated rings. The number of carbonyl (C=O) groups is 1. The molecular weight excluding hydrogens is 283 g/mol. The number of halogens is 2. The van der Waals surface area contributed by atoms with Crippen LogP contribution in [0.25, 0.3) is 0 Å². The maximum absolute atomic E-state index is 12.1. The molecule has 0 saturated carbocycles. The third-order valence-electron chi connectivity index (χ3n) is 2.88. The highest BCUT2D eigenvalue weighted by molar-refractivity contribution is 6.36. The van der Waals surface area contributed by atoms with E-state index in [1.807, 2.05) is 6.92 Å². The molecule has 19 heavy (non-hydrogen) atoms. The fourth-order valence-electron chi connectivity index (χ4n) is 1.86. The van der Waals surface area contributed by atoms with Gasteiger partial charge in [-0.2, -0.15) is 0 Å². The molecule has 4 heteroatoms. The summed E-state index contributed by atoms with van der Waals surface area (Å²) in [7, 11) is 0. The monoisotopic (exact) mass is 302 g/mol. The first-order valence-corrected chi connectivity index (χ1v) is 7.50. The zero-order valence-electron chi connectivity index (χ0n) is 11.5. The van der Waals surface area contributed by atoms with Crippen LogP contribution in [0.15, 0.2) is 12.1 Å². The van der Waals surface area contributed by atoms with Crippen LogP contribution in [0.5, 0.6) is 5.75 Å². The van der Waals surface area contributed by atoms with Crippen molar-refractivity contribution in [3.05, 3.63) is 27.7 Å². The van der Waals surface area contributed by atoms with Crippen LogP contribution in [0.3, 0.4) is 0 Å². The fraction of sp³-hybridized carbons (Fsp3) is 0.533. The van der Waals surface area contributed by atoms with Crippen LogP contribution in [-0.2, 0) is 0 Å². The topological polar surface area (TPSA) is 26.3 Å². The first-order chi connectivity index (χ1) is 9.10. The lowest BCUT2D eigenvalue weighted by atomic mass is 10.0. The van der Waals surface area contributed by atoms with Crippen LogP contribution >= 0.6 is 23.2 Å². The summed E-state index contributed by atoms with van der Waals surface area (Å²) in [4.78, 5) is 12.1. The third kappa shape index (κ3) is 5.04. The molecule has 0 saturated heterocycles. The van der Waals surface area contributed by atoms with E-state index in [4.69, 9.17) is 27.9 Å². The molecule has 2 nitrogen and oxygen atoms in total. The average molecular weight is 303 g/mol. The maximum Gasteiger partial charge on any atom is 0.164 e. The van der Waals surface area contributed by atoms with Gasteiger partial charge in [0.15, 0.2) is 5.78 Å². The summed E-state index contributed by atoms with van der Waals surface area (Å²) in [6, 6.07) is 3.23. The Balaban J connectivity index is 2.72. The van der Waals surface area contributed by atoms with Crippen molar-refractivity contribution in [1.82, 2.24) is 0 Å². The Labute approximate surface area is 125 Å². The molecule has 0 amide bonds. The van der Waals surface area contributed by atoms with Crippen LogP contribution in [0.1, 0.15) is 56.3 Å². The molecule has 0 aliphatic heterocycles. The molecule has 0 aromatic heterocycles. The summed E-state index contributed by atoms with van der Waals surface area (Å²) in [5.74, 6) is 0.572. The van der Waals surface area contributed by atoms with Gasteiger partial charge >= 0.3 is 0 Å². The van der Waals surface area contributed by atoms with Crippen molar-refractivity contribution in [1.29, 1.82) is 0 Å². The van der Waals surface area contributed by atoms with Gasteiger partial charge in [-0.1, -0.05) is 49.4 Å². The Morgan fingerprint density at radius 1 is 1.11 bits per heavy atom. The SMILES string of the molecule is CCCCCCC(=O)c1cc(Cl)c(OCC)cc1Cl. The number of benzene rings is 1. The van der Waals surface area contributed by atoms with Gasteiger partial charge in [0.05, 0.1) is 16.7 Å². The van der Waals surface area contributed by atoms with Gasteiger partial charge < -0.3 is 4.74 Å². The van der Waals surface area contributed by atoms with Gasteiger partial charge in [0.2, 0.25) is 0 Å². The summed E-state index contributed by atoms with van der Waals surface area (Å²) in [6.07, 6.45) is 4.80. The highest BCUT2D eigenvalue weighted by Crippen LogP contribution is 2.32. The van der Waals surface area contributed by atoms with Crippen LogP contribution in [0.2, 0.25) is 10.0 Å². The van der Waals surface area contributed by atoms with Crippen molar-refractivity contribution in [3.63, 3.8) is 0 Å². The van der Waals surface area contributed by atoms with Crippen molar-refractivity contribution in [2.75, 3.05) is 6.61 Å². The number of carbonyl (C=O) groups excluding carboxylic acids is 1. The van der Waals surface area contributed by atoms with Gasteiger partial charge in [-0.25, -0.2) is 0 Å². The molecule has 1 aromatic carbocycles. The molecule has 0 aliphatic rings. The molecule has 1 rings (SSSR count). The van der Waals surface area contributed by atoms with Crippen molar-refractivity contribution in [2.45, 2.75) is 46.0 Å². The third-order valence-corrected chi connectivity index (χ3v) is 3.49. The first kappa shape index (κ1) is 16.3. The Bertz CT molecular complexity index is 430. The van der Waals surface area contributed by atoms with E-state index in [0.717, 1.165) is 25.7 Å². The molecule has 0 radical (unpaired) electrons. The Hall–Kier alpha value is -0.730. The highest BCUT2D eigenvalue weighted by Gasteiger charge is 2.14. The number of ketones is 1. The van der Waals surface area contributed by atoms with Crippen molar-refractivity contribution >= 4 is 29.0 Å². The Morgan fingerprint density at radius 3 is 2.47 bits per heavy atom. The molecule has 0 unspecified atom stereocenters. The van der Waals surface area contributed by atoms with Crippen molar-refractivity contribution < 1.29 is 9.53 Å². The molecule has 0 bridgehead atoms. The van der Waals surface area contributed by atoms with E-state index in [1.54, 1.807) is 12.1 Å². The fourth-order valence-corrected chi connectivity index (χ4v) is 2.33. The summed E-state index contributed by atoms with van der Waals surface area (Å²) in [5, 5.41) is 0.844. The van der Waals surface area contributed by atoms with Gasteiger partial charge in [-0.3, -0.25) is 4.79 Å². The molecule has 1 aromatic rings. The highest BCUT2D eigenvalue weighted by atomic mass is 35.5. The van der Waals surface area contributed by atoms with Gasteiger partial charge in [-0.15, -0.1) is 0 Å². The molecule has 0 heterocycles. The van der Waals surface area contributed by atoms with Gasteiger partial charge in [0, 0.05) is 18.1 Å². The maximum atomic E-state index is 12.1. The zero-order chi connectivity index (χ0) is 14.3. The van der Waals surface area contributed by atoms with Crippen LogP contribution in [0, 0.1) is 0 Å². The minimum atomic E-state index is 0.0473. The number of Topliss-reactive ketones (excluding diaryl/α,β-unsaturated/α-hetero) is 1. The minimum Gasteiger partial charge on any atom is -0.492 e. The minimum absolute atomic E-state index is 0.0473. The summed E-state index contributed by atoms with van der Waals surface area (Å²) in [6.45, 7) is 4.53. The lowest BCUT2D eigenvalue weighted by Gasteiger charge is -2.09. The molecule has 0 aliphatic carbocycles. The predicted molar refractivity (Wildman–Crippen MR) is 80.7 cm³/mol. The summed E-state index contributed by atoms with van der Waals surface area (Å²) in [5.41, 5.74) is 0.492. The zero-order valence-corrected chi connectivity index (χ0v) is 13.0. The van der Waals surface area contributed by atoms with E-state index in [1.165, 1.54) is 0 Å². The number of rotatable bonds is 8. The van der Waals surface area contributed by atoms with Crippen molar-refractivity contribution in [2.24, 2.45) is 0 Å². The van der Waals surface area contributed by atoms with E-state index < -0.39 is 0 Å². The number of hydrogen-bond donors (Lipinski definition) is 0. The van der Waals surface area contributed by atoms with Gasteiger partial charge in [-0.05, 0) is 19.4 Å². The van der Waals surface area contributed by atoms with Crippen LogP contribution < -0.4 is 4.74 Å². The number of hydrogen-bond acceptors (Lipinski definition) is 2. The van der Waals surface area contributed by atoms with E-state index in [0.29, 0.717) is 34.4 Å². The Kier molecular flexibility index (Phi) is 7.25. The standard InChI is InChI=1S/C15H20Cl2O2/c1-3-5-6-7-8-14(18)11-9-13(17)15(19-4-2)10-12(11)16/h9-10H,3-8H2,1-2H3. The number of ether oxygens (including phenoxy) is 1. The quantitative estimate of drug-likeness (QED) is 0.465. The van der Waals surface area contributed by atoms with Crippen molar-refractivity contribution in [3.8, 4) is 5.75 Å². The van der Waals surface area contributed by atoms with Crippen LogP contribution in [-0.4, -0.2) is 12.4 Å². The molecule has 106 valence electrons. The van der Waals surface area contributed by atoms with E-state index in [2.05, 4.69) is 6.92 Å². The Morgan fingerprint density at radius 2 is 1.84 bits per heavy atom. The molecule has 0 atom stereocenters. The number of unbranched alkanes of at least 4 members (excludes halogenated alkanes) is 3. The average Bonchev–Trinajstić information content (AvgIpc) is 2.38. The normalized spacial score (nSPS) is 10.5.